The highest BCUT2D eigenvalue weighted by atomic mass is 16.3. The first kappa shape index (κ1) is 29.1. The van der Waals surface area contributed by atoms with E-state index in [1.165, 1.54) is 12.8 Å². The predicted octanol–water partition coefficient (Wildman–Crippen LogP) is 6.32. The van der Waals surface area contributed by atoms with Crippen LogP contribution in [0.5, 0.6) is 5.75 Å². The summed E-state index contributed by atoms with van der Waals surface area (Å²) in [4.78, 5) is 28.9. The molecule has 2 N–H and O–H groups in total. The Bertz CT molecular complexity index is 1550. The molecular formula is C37H41N3O3. The Balaban J connectivity index is 1.16. The molecule has 3 aliphatic rings. The summed E-state index contributed by atoms with van der Waals surface area (Å²) >= 11 is 0. The Labute approximate surface area is 254 Å². The second kappa shape index (κ2) is 12.0. The van der Waals surface area contributed by atoms with Gasteiger partial charge in [0.05, 0.1) is 17.2 Å². The van der Waals surface area contributed by atoms with Crippen molar-refractivity contribution in [2.45, 2.75) is 70.3 Å². The van der Waals surface area contributed by atoms with Crippen LogP contribution in [0.4, 0.5) is 0 Å². The molecule has 6 rings (SSSR count). The molecule has 1 aliphatic heterocycles. The number of aryl methyl sites for hydroxylation is 1. The summed E-state index contributed by atoms with van der Waals surface area (Å²) in [5.74, 6) is 1.10. The number of nitrogens with zero attached hydrogens (tertiary/aromatic N) is 2. The molecule has 3 unspecified atom stereocenters. The molecule has 2 aliphatic carbocycles. The lowest BCUT2D eigenvalue weighted by atomic mass is 9.55. The minimum Gasteiger partial charge on any atom is -0.507 e. The number of carbonyl (C=O) groups excluding carboxylic acids is 2. The zero-order chi connectivity index (χ0) is 30.1. The number of rotatable bonds is 8. The first-order valence-corrected chi connectivity index (χ1v) is 15.8. The molecule has 1 heterocycles. The van der Waals surface area contributed by atoms with Crippen LogP contribution >= 0.6 is 0 Å². The number of piperidine rings is 1. The van der Waals surface area contributed by atoms with Gasteiger partial charge in [0.2, 0.25) is 0 Å². The van der Waals surface area contributed by atoms with E-state index < -0.39 is 5.41 Å². The number of hydrogen-bond acceptors (Lipinski definition) is 5. The van der Waals surface area contributed by atoms with Gasteiger partial charge >= 0.3 is 0 Å². The van der Waals surface area contributed by atoms with Crippen LogP contribution in [0.1, 0.15) is 78.1 Å². The molecule has 0 aromatic heterocycles. The van der Waals surface area contributed by atoms with Crippen molar-refractivity contribution in [1.29, 1.82) is 5.26 Å². The molecule has 3 aromatic carbocycles. The van der Waals surface area contributed by atoms with Gasteiger partial charge in [0, 0.05) is 43.0 Å². The third-order valence-corrected chi connectivity index (χ3v) is 10.3. The molecule has 43 heavy (non-hydrogen) atoms. The average Bonchev–Trinajstić information content (AvgIpc) is 3.83. The van der Waals surface area contributed by atoms with E-state index in [2.05, 4.69) is 47.5 Å². The van der Waals surface area contributed by atoms with Gasteiger partial charge in [-0.15, -0.1) is 0 Å². The van der Waals surface area contributed by atoms with Crippen LogP contribution < -0.4 is 5.32 Å². The van der Waals surface area contributed by atoms with Gasteiger partial charge in [-0.1, -0.05) is 42.5 Å². The Morgan fingerprint density at radius 1 is 1.05 bits per heavy atom. The fraction of sp³-hybridized carbons (Fsp3) is 0.432. The van der Waals surface area contributed by atoms with Crippen molar-refractivity contribution in [3.63, 3.8) is 0 Å². The minimum absolute atomic E-state index is 0.0480. The number of ketones is 1. The molecule has 222 valence electrons. The highest BCUT2D eigenvalue weighted by Crippen LogP contribution is 2.54. The van der Waals surface area contributed by atoms with Gasteiger partial charge in [0.15, 0.2) is 0 Å². The molecule has 0 bridgehead atoms. The fourth-order valence-electron chi connectivity index (χ4n) is 7.75. The highest BCUT2D eigenvalue weighted by molar-refractivity contribution is 5.97. The lowest BCUT2D eigenvalue weighted by Gasteiger charge is -2.55. The lowest BCUT2D eigenvalue weighted by Crippen LogP contribution is -2.58. The summed E-state index contributed by atoms with van der Waals surface area (Å²) in [6, 6.07) is 21.9. The summed E-state index contributed by atoms with van der Waals surface area (Å²) in [6.45, 7) is 6.80. The molecular weight excluding hydrogens is 534 g/mol. The van der Waals surface area contributed by atoms with Crippen LogP contribution in [0.2, 0.25) is 0 Å². The third-order valence-electron chi connectivity index (χ3n) is 10.3. The fourth-order valence-corrected chi connectivity index (χ4v) is 7.75. The maximum absolute atomic E-state index is 13.4. The van der Waals surface area contributed by atoms with Gasteiger partial charge in [0.1, 0.15) is 11.5 Å². The highest BCUT2D eigenvalue weighted by Gasteiger charge is 2.53. The van der Waals surface area contributed by atoms with Crippen molar-refractivity contribution in [3.8, 4) is 22.9 Å². The van der Waals surface area contributed by atoms with Gasteiger partial charge in [-0.2, -0.15) is 5.26 Å². The number of nitrogens with one attached hydrogen (secondary N) is 1. The number of aromatic hydroxyl groups is 1. The Morgan fingerprint density at radius 2 is 1.74 bits per heavy atom. The molecule has 0 radical (unpaired) electrons. The average molecular weight is 576 g/mol. The maximum atomic E-state index is 13.4. The van der Waals surface area contributed by atoms with Gasteiger partial charge in [0.25, 0.3) is 5.91 Å². The molecule has 6 nitrogen and oxygen atoms in total. The van der Waals surface area contributed by atoms with E-state index in [9.17, 15) is 14.7 Å². The van der Waals surface area contributed by atoms with E-state index >= 15 is 0 Å². The summed E-state index contributed by atoms with van der Waals surface area (Å²) < 4.78 is 0. The monoisotopic (exact) mass is 575 g/mol. The van der Waals surface area contributed by atoms with Crippen LogP contribution in [0, 0.1) is 30.1 Å². The van der Waals surface area contributed by atoms with E-state index in [4.69, 9.17) is 5.26 Å². The first-order chi connectivity index (χ1) is 20.8. The van der Waals surface area contributed by atoms with Crippen LogP contribution in [0.3, 0.4) is 0 Å². The molecule has 3 aromatic rings. The molecule has 0 spiro atoms. The summed E-state index contributed by atoms with van der Waals surface area (Å²) in [6.07, 6.45) is 6.00. The number of fused-ring (bicyclic) bond motifs is 1. The number of carbonyl (C=O) groups is 2. The van der Waals surface area contributed by atoms with Crippen molar-refractivity contribution in [1.82, 2.24) is 10.2 Å². The molecule has 2 saturated carbocycles. The summed E-state index contributed by atoms with van der Waals surface area (Å²) in [5.41, 5.74) is 5.48. The van der Waals surface area contributed by atoms with Crippen LogP contribution in [0.15, 0.2) is 60.7 Å². The standard InChI is InChI=1S/C37H41N3O3/c1-24-3-15-32(36(43)39-19-17-26-6-10-29(11-7-26)30-12-8-27(22-38)9-13-30)35(42)34(24)37-18-20-40(23-28-4-5-28)25(2)33(37)16-14-31(41)21-37/h3,6-13,15,25,28,33,42H,4-5,14,16-21,23H2,1-2H3,(H,39,43). The predicted molar refractivity (Wildman–Crippen MR) is 168 cm³/mol. The molecule has 6 heteroatoms. The molecule has 3 fully saturated rings. The van der Waals surface area contributed by atoms with E-state index in [-0.39, 0.29) is 28.9 Å². The van der Waals surface area contributed by atoms with Crippen LogP contribution in [0.25, 0.3) is 11.1 Å². The van der Waals surface area contributed by atoms with Crippen molar-refractivity contribution in [3.05, 3.63) is 88.5 Å². The van der Waals surface area contributed by atoms with E-state index in [0.29, 0.717) is 37.4 Å². The Morgan fingerprint density at radius 3 is 2.42 bits per heavy atom. The van der Waals surface area contributed by atoms with Crippen molar-refractivity contribution in [2.24, 2.45) is 11.8 Å². The normalized spacial score (nSPS) is 23.8. The number of phenols is 1. The number of benzene rings is 3. The number of Topliss-reactive ketones (excluding diaryl/α,β-unsaturated/α-hetero) is 1. The number of likely N-dealkylation sites (tertiary alicyclic amines) is 1. The van der Waals surface area contributed by atoms with E-state index in [1.807, 2.05) is 37.3 Å². The summed E-state index contributed by atoms with van der Waals surface area (Å²) in [7, 11) is 0. The first-order valence-electron chi connectivity index (χ1n) is 15.8. The van der Waals surface area contributed by atoms with E-state index in [1.54, 1.807) is 6.07 Å². The molecule has 1 saturated heterocycles. The smallest absolute Gasteiger partial charge is 0.255 e. The topological polar surface area (TPSA) is 93.4 Å². The van der Waals surface area contributed by atoms with Crippen LogP contribution in [-0.4, -0.2) is 47.4 Å². The number of amides is 1. The van der Waals surface area contributed by atoms with Gasteiger partial charge in [-0.05, 0) is 105 Å². The molecule has 1 amide bonds. The maximum Gasteiger partial charge on any atom is 0.255 e. The van der Waals surface area contributed by atoms with Gasteiger partial charge in [-0.3, -0.25) is 9.59 Å². The SMILES string of the molecule is Cc1ccc(C(=O)NCCc2ccc(-c3ccc(C#N)cc3)cc2)c(O)c1C12CCN(CC3CC3)C(C)C1CCC(=O)C2. The second-order valence-electron chi connectivity index (χ2n) is 13.0. The third kappa shape index (κ3) is 5.84. The van der Waals surface area contributed by atoms with Crippen molar-refractivity contribution in [2.75, 3.05) is 19.6 Å². The summed E-state index contributed by atoms with van der Waals surface area (Å²) in [5, 5.41) is 23.7. The zero-order valence-corrected chi connectivity index (χ0v) is 25.2. The molecule has 3 atom stereocenters. The van der Waals surface area contributed by atoms with Crippen molar-refractivity contribution >= 4 is 11.7 Å². The second-order valence-corrected chi connectivity index (χ2v) is 13.0. The van der Waals surface area contributed by atoms with Crippen LogP contribution in [-0.2, 0) is 16.6 Å². The number of phenolic OH excluding ortho intramolecular Hbond substituents is 1. The Kier molecular flexibility index (Phi) is 8.11. The minimum atomic E-state index is -0.435. The quantitative estimate of drug-likeness (QED) is 0.328. The Hall–Kier alpha value is -3.95. The number of nitriles is 1. The van der Waals surface area contributed by atoms with Gasteiger partial charge < -0.3 is 15.3 Å². The zero-order valence-electron chi connectivity index (χ0n) is 25.2. The van der Waals surface area contributed by atoms with Crippen molar-refractivity contribution < 1.29 is 14.7 Å². The van der Waals surface area contributed by atoms with E-state index in [0.717, 1.165) is 59.7 Å². The number of hydrogen-bond donors (Lipinski definition) is 2. The largest absolute Gasteiger partial charge is 0.507 e. The van der Waals surface area contributed by atoms with Gasteiger partial charge in [-0.25, -0.2) is 0 Å². The lowest BCUT2D eigenvalue weighted by molar-refractivity contribution is -0.126.